The van der Waals surface area contributed by atoms with Gasteiger partial charge in [-0.25, -0.2) is 4.98 Å². The molecule has 0 radical (unpaired) electrons. The van der Waals surface area contributed by atoms with Crippen LogP contribution < -0.4 is 5.32 Å². The number of hydrogen-bond acceptors (Lipinski definition) is 4. The number of rotatable bonds is 5. The van der Waals surface area contributed by atoms with Crippen LogP contribution in [0.3, 0.4) is 0 Å². The summed E-state index contributed by atoms with van der Waals surface area (Å²) in [5, 5.41) is 3.72. The molecule has 1 aromatic rings. The predicted molar refractivity (Wildman–Crippen MR) is 85.7 cm³/mol. The fourth-order valence-electron chi connectivity index (χ4n) is 1.74. The molecule has 0 saturated carbocycles. The summed E-state index contributed by atoms with van der Waals surface area (Å²) < 4.78 is 0. The van der Waals surface area contributed by atoms with Gasteiger partial charge in [0, 0.05) is 18.0 Å². The topological polar surface area (TPSA) is 62.3 Å². The van der Waals surface area contributed by atoms with E-state index in [4.69, 9.17) is 0 Å². The molecule has 0 atom stereocenters. The third kappa shape index (κ3) is 5.12. The van der Waals surface area contributed by atoms with E-state index in [1.54, 1.807) is 6.20 Å². The largest absolute Gasteiger partial charge is 0.352 e. The number of thiazole rings is 1. The second-order valence-corrected chi connectivity index (χ2v) is 7.35. The molecule has 0 aliphatic carbocycles. The lowest BCUT2D eigenvalue weighted by atomic mass is 9.98. The Morgan fingerprint density at radius 1 is 1.38 bits per heavy atom. The second kappa shape index (κ2) is 7.02. The highest BCUT2D eigenvalue weighted by molar-refractivity contribution is 7.13. The smallest absolute Gasteiger partial charge is 0.266 e. The molecule has 21 heavy (non-hydrogen) atoms. The zero-order valence-electron chi connectivity index (χ0n) is 13.7. The van der Waals surface area contributed by atoms with E-state index in [1.807, 2.05) is 20.8 Å². The molecular weight excluding hydrogens is 286 g/mol. The average molecular weight is 311 g/mol. The highest BCUT2D eigenvalue weighted by atomic mass is 32.1. The van der Waals surface area contributed by atoms with Gasteiger partial charge >= 0.3 is 0 Å². The molecule has 0 fully saturated rings. The van der Waals surface area contributed by atoms with Gasteiger partial charge < -0.3 is 10.2 Å². The number of aromatic nitrogens is 1. The number of likely N-dealkylation sites (N-methyl/N-ethyl adjacent to an activating group) is 1. The minimum absolute atomic E-state index is 0.0715. The molecular formula is C15H25N3O2S. The van der Waals surface area contributed by atoms with Crippen LogP contribution in [-0.2, 0) is 10.2 Å². The van der Waals surface area contributed by atoms with Crippen LogP contribution >= 0.6 is 11.3 Å². The molecule has 118 valence electrons. The molecule has 0 aliphatic rings. The summed E-state index contributed by atoms with van der Waals surface area (Å²) in [7, 11) is 0. The Labute approximate surface area is 130 Å². The van der Waals surface area contributed by atoms with Crippen molar-refractivity contribution in [3.8, 4) is 0 Å². The van der Waals surface area contributed by atoms with Crippen molar-refractivity contribution in [3.05, 3.63) is 16.1 Å². The number of carbonyl (C=O) groups excluding carboxylic acids is 2. The molecule has 5 nitrogen and oxygen atoms in total. The van der Waals surface area contributed by atoms with Gasteiger partial charge in [-0.1, -0.05) is 20.8 Å². The highest BCUT2D eigenvalue weighted by Gasteiger charge is 2.23. The van der Waals surface area contributed by atoms with Crippen LogP contribution in [0.15, 0.2) is 6.20 Å². The minimum atomic E-state index is -0.138. The third-order valence-electron chi connectivity index (χ3n) is 2.81. The van der Waals surface area contributed by atoms with Crippen LogP contribution in [0.5, 0.6) is 0 Å². The van der Waals surface area contributed by atoms with E-state index >= 15 is 0 Å². The van der Waals surface area contributed by atoms with Crippen molar-refractivity contribution in [3.63, 3.8) is 0 Å². The maximum atomic E-state index is 12.5. The van der Waals surface area contributed by atoms with Crippen molar-refractivity contribution in [2.45, 2.75) is 53.0 Å². The quantitative estimate of drug-likeness (QED) is 0.908. The fraction of sp³-hybridized carbons (Fsp3) is 0.667. The molecule has 6 heteroatoms. The summed E-state index contributed by atoms with van der Waals surface area (Å²) in [5.74, 6) is -0.273. The van der Waals surface area contributed by atoms with E-state index in [2.05, 4.69) is 31.1 Å². The number of carbonyl (C=O) groups is 2. The Morgan fingerprint density at radius 2 is 2.00 bits per heavy atom. The molecule has 0 aromatic carbocycles. The van der Waals surface area contributed by atoms with Gasteiger partial charge in [-0.2, -0.15) is 0 Å². The summed E-state index contributed by atoms with van der Waals surface area (Å²) in [6.07, 6.45) is 1.61. The number of amides is 2. The van der Waals surface area contributed by atoms with E-state index in [-0.39, 0.29) is 29.8 Å². The van der Waals surface area contributed by atoms with Crippen molar-refractivity contribution in [1.82, 2.24) is 15.2 Å². The number of hydrogen-bond donors (Lipinski definition) is 1. The van der Waals surface area contributed by atoms with Crippen LogP contribution in [0.2, 0.25) is 0 Å². The van der Waals surface area contributed by atoms with Crippen LogP contribution in [-0.4, -0.2) is 40.8 Å². The highest BCUT2D eigenvalue weighted by Crippen LogP contribution is 2.27. The Kier molecular flexibility index (Phi) is 5.89. The SMILES string of the molecule is CCN(CC(=O)NC(C)C)C(=O)c1cnc(C(C)(C)C)s1. The third-order valence-corrected chi connectivity index (χ3v) is 4.22. The van der Waals surface area contributed by atoms with Gasteiger partial charge in [0.15, 0.2) is 0 Å². The molecule has 0 unspecified atom stereocenters. The summed E-state index contributed by atoms with van der Waals surface area (Å²) in [6, 6.07) is 0.0715. The van der Waals surface area contributed by atoms with E-state index in [9.17, 15) is 9.59 Å². The minimum Gasteiger partial charge on any atom is -0.352 e. The normalized spacial score (nSPS) is 11.6. The lowest BCUT2D eigenvalue weighted by Crippen LogP contribution is -2.42. The first kappa shape index (κ1) is 17.6. The Morgan fingerprint density at radius 3 is 2.43 bits per heavy atom. The van der Waals surface area contributed by atoms with Crippen LogP contribution in [0.1, 0.15) is 56.2 Å². The van der Waals surface area contributed by atoms with Crippen molar-refractivity contribution >= 4 is 23.2 Å². The number of nitrogens with zero attached hydrogens (tertiary/aromatic N) is 2. The second-order valence-electron chi connectivity index (χ2n) is 6.32. The van der Waals surface area contributed by atoms with Gasteiger partial charge in [0.2, 0.25) is 5.91 Å². The van der Waals surface area contributed by atoms with E-state index in [0.29, 0.717) is 11.4 Å². The Bertz CT molecular complexity index is 503. The Balaban J connectivity index is 2.79. The maximum absolute atomic E-state index is 12.5. The van der Waals surface area contributed by atoms with Crippen LogP contribution in [0.4, 0.5) is 0 Å². The van der Waals surface area contributed by atoms with Crippen LogP contribution in [0.25, 0.3) is 0 Å². The van der Waals surface area contributed by atoms with Crippen molar-refractivity contribution in [1.29, 1.82) is 0 Å². The summed E-state index contributed by atoms with van der Waals surface area (Å²) in [5.41, 5.74) is -0.0741. The van der Waals surface area contributed by atoms with Gasteiger partial charge in [-0.3, -0.25) is 9.59 Å². The summed E-state index contributed by atoms with van der Waals surface area (Å²) in [6.45, 7) is 12.4. The van der Waals surface area contributed by atoms with Gasteiger partial charge in [0.1, 0.15) is 4.88 Å². The molecule has 0 saturated heterocycles. The molecule has 0 aliphatic heterocycles. The summed E-state index contributed by atoms with van der Waals surface area (Å²) >= 11 is 1.40. The Hall–Kier alpha value is -1.43. The zero-order valence-corrected chi connectivity index (χ0v) is 14.5. The van der Waals surface area contributed by atoms with Crippen molar-refractivity contribution in [2.24, 2.45) is 0 Å². The standard InChI is InChI=1S/C15H25N3O2S/c1-7-18(9-12(19)17-10(2)3)13(20)11-8-16-14(21-11)15(4,5)6/h8,10H,7,9H2,1-6H3,(H,17,19). The lowest BCUT2D eigenvalue weighted by molar-refractivity contribution is -0.122. The monoisotopic (exact) mass is 311 g/mol. The molecule has 2 amide bonds. The molecule has 1 heterocycles. The van der Waals surface area contributed by atoms with E-state index < -0.39 is 0 Å². The molecule has 1 rings (SSSR count). The van der Waals surface area contributed by atoms with Gasteiger partial charge in [-0.15, -0.1) is 11.3 Å². The van der Waals surface area contributed by atoms with E-state index in [1.165, 1.54) is 16.2 Å². The first-order chi connectivity index (χ1) is 9.65. The van der Waals surface area contributed by atoms with E-state index in [0.717, 1.165) is 5.01 Å². The lowest BCUT2D eigenvalue weighted by Gasteiger charge is -2.20. The molecule has 1 N–H and O–H groups in total. The molecule has 1 aromatic heterocycles. The first-order valence-corrected chi connectivity index (χ1v) is 8.01. The van der Waals surface area contributed by atoms with Crippen LogP contribution in [0, 0.1) is 0 Å². The first-order valence-electron chi connectivity index (χ1n) is 7.20. The fourth-order valence-corrected chi connectivity index (χ4v) is 2.69. The molecule has 0 spiro atoms. The number of nitrogens with one attached hydrogen (secondary N) is 1. The predicted octanol–water partition coefficient (Wildman–Crippen LogP) is 2.43. The zero-order chi connectivity index (χ0) is 16.2. The average Bonchev–Trinajstić information content (AvgIpc) is 2.83. The van der Waals surface area contributed by atoms with Gasteiger partial charge in [0.05, 0.1) is 17.7 Å². The summed E-state index contributed by atoms with van der Waals surface area (Å²) in [4.78, 5) is 30.7. The van der Waals surface area contributed by atoms with Crippen molar-refractivity contribution in [2.75, 3.05) is 13.1 Å². The maximum Gasteiger partial charge on any atom is 0.266 e. The molecule has 0 bridgehead atoms. The van der Waals surface area contributed by atoms with Crippen molar-refractivity contribution < 1.29 is 9.59 Å². The van der Waals surface area contributed by atoms with Gasteiger partial charge in [0.25, 0.3) is 5.91 Å². The van der Waals surface area contributed by atoms with Gasteiger partial charge in [-0.05, 0) is 20.8 Å².